The highest BCUT2D eigenvalue weighted by Crippen LogP contribution is 2.24. The highest BCUT2D eigenvalue weighted by molar-refractivity contribution is 7.10. The molecule has 2 heterocycles. The Labute approximate surface area is 118 Å². The molecular weight excluding hydrogens is 256 g/mol. The Kier molecular flexibility index (Phi) is 4.37. The van der Waals surface area contributed by atoms with Crippen LogP contribution in [0.25, 0.3) is 0 Å². The number of nitrogens with one attached hydrogen (secondary N) is 2. The zero-order valence-electron chi connectivity index (χ0n) is 11.8. The molecule has 2 aromatic heterocycles. The molecule has 0 aliphatic heterocycles. The van der Waals surface area contributed by atoms with E-state index in [2.05, 4.69) is 58.9 Å². The van der Waals surface area contributed by atoms with Crippen molar-refractivity contribution in [2.24, 2.45) is 0 Å². The maximum atomic E-state index is 4.57. The van der Waals surface area contributed by atoms with Crippen molar-refractivity contribution in [3.8, 4) is 0 Å². The molecule has 0 bridgehead atoms. The van der Waals surface area contributed by atoms with Gasteiger partial charge in [-0.25, -0.2) is 9.97 Å². The Morgan fingerprint density at radius 2 is 1.89 bits per heavy atom. The monoisotopic (exact) mass is 276 g/mol. The highest BCUT2D eigenvalue weighted by Gasteiger charge is 2.11. The molecular formula is C14H20N4S. The van der Waals surface area contributed by atoms with Crippen molar-refractivity contribution in [1.82, 2.24) is 9.97 Å². The molecule has 19 heavy (non-hydrogen) atoms. The standard InChI is InChI=1S/C14H20N4S/c1-9(2)14-17-12(15-4)8-13(18-14)16-10(3)11-6-5-7-19-11/h5-10H,1-4H3,(H2,15,16,17,18). The van der Waals surface area contributed by atoms with E-state index in [0.29, 0.717) is 5.92 Å². The van der Waals surface area contributed by atoms with E-state index >= 15 is 0 Å². The molecule has 0 aromatic carbocycles. The van der Waals surface area contributed by atoms with Crippen molar-refractivity contribution in [3.63, 3.8) is 0 Å². The third-order valence-electron chi connectivity index (χ3n) is 2.85. The molecule has 2 rings (SSSR count). The molecule has 0 fully saturated rings. The predicted octanol–water partition coefficient (Wildman–Crippen LogP) is 3.88. The Morgan fingerprint density at radius 1 is 1.16 bits per heavy atom. The van der Waals surface area contributed by atoms with Gasteiger partial charge in [-0.1, -0.05) is 19.9 Å². The van der Waals surface area contributed by atoms with Gasteiger partial charge in [-0.3, -0.25) is 0 Å². The number of nitrogens with zero attached hydrogens (tertiary/aromatic N) is 2. The van der Waals surface area contributed by atoms with Gasteiger partial charge in [0, 0.05) is 23.9 Å². The largest absolute Gasteiger partial charge is 0.373 e. The minimum Gasteiger partial charge on any atom is -0.373 e. The van der Waals surface area contributed by atoms with Gasteiger partial charge in [-0.2, -0.15) is 0 Å². The van der Waals surface area contributed by atoms with Crippen LogP contribution in [-0.2, 0) is 0 Å². The molecule has 0 saturated carbocycles. The van der Waals surface area contributed by atoms with E-state index in [1.807, 2.05) is 13.1 Å². The predicted molar refractivity (Wildman–Crippen MR) is 82.0 cm³/mol. The molecule has 1 unspecified atom stereocenters. The lowest BCUT2D eigenvalue weighted by atomic mass is 10.2. The van der Waals surface area contributed by atoms with Crippen molar-refractivity contribution in [3.05, 3.63) is 34.3 Å². The summed E-state index contributed by atoms with van der Waals surface area (Å²) in [5.41, 5.74) is 0. The molecule has 5 heteroatoms. The van der Waals surface area contributed by atoms with Crippen LogP contribution in [0.4, 0.5) is 11.6 Å². The van der Waals surface area contributed by atoms with Gasteiger partial charge >= 0.3 is 0 Å². The average Bonchev–Trinajstić information content (AvgIpc) is 2.92. The van der Waals surface area contributed by atoms with Gasteiger partial charge in [0.15, 0.2) is 0 Å². The summed E-state index contributed by atoms with van der Waals surface area (Å²) < 4.78 is 0. The molecule has 0 spiro atoms. The van der Waals surface area contributed by atoms with Gasteiger partial charge in [0.2, 0.25) is 0 Å². The second-order valence-corrected chi connectivity index (χ2v) is 5.76. The fourth-order valence-corrected chi connectivity index (χ4v) is 2.49. The molecule has 0 aliphatic carbocycles. The lowest BCUT2D eigenvalue weighted by molar-refractivity contribution is 0.771. The van der Waals surface area contributed by atoms with E-state index in [1.165, 1.54) is 4.88 Å². The van der Waals surface area contributed by atoms with Gasteiger partial charge in [0.25, 0.3) is 0 Å². The lowest BCUT2D eigenvalue weighted by Gasteiger charge is -2.15. The summed E-state index contributed by atoms with van der Waals surface area (Å²) in [5.74, 6) is 2.88. The van der Waals surface area contributed by atoms with E-state index in [0.717, 1.165) is 17.5 Å². The number of hydrogen-bond donors (Lipinski definition) is 2. The van der Waals surface area contributed by atoms with E-state index in [4.69, 9.17) is 0 Å². The second kappa shape index (κ2) is 6.02. The molecule has 0 radical (unpaired) electrons. The molecule has 0 amide bonds. The maximum absolute atomic E-state index is 4.57. The van der Waals surface area contributed by atoms with Gasteiger partial charge in [-0.15, -0.1) is 11.3 Å². The van der Waals surface area contributed by atoms with Crippen molar-refractivity contribution >= 4 is 23.0 Å². The second-order valence-electron chi connectivity index (χ2n) is 4.78. The van der Waals surface area contributed by atoms with E-state index in [9.17, 15) is 0 Å². The minimum atomic E-state index is 0.250. The Balaban J connectivity index is 2.21. The van der Waals surface area contributed by atoms with Crippen LogP contribution in [0.15, 0.2) is 23.6 Å². The van der Waals surface area contributed by atoms with Gasteiger partial charge in [0.05, 0.1) is 6.04 Å². The molecule has 2 N–H and O–H groups in total. The summed E-state index contributed by atoms with van der Waals surface area (Å²) in [7, 11) is 1.87. The molecule has 0 aliphatic rings. The number of hydrogen-bond acceptors (Lipinski definition) is 5. The Bertz CT molecular complexity index is 522. The quantitative estimate of drug-likeness (QED) is 0.870. The van der Waals surface area contributed by atoms with Crippen LogP contribution in [0.1, 0.15) is 43.4 Å². The SMILES string of the molecule is CNc1cc(NC(C)c2cccs2)nc(C(C)C)n1. The van der Waals surface area contributed by atoms with E-state index < -0.39 is 0 Å². The molecule has 1 atom stereocenters. The zero-order chi connectivity index (χ0) is 13.8. The Morgan fingerprint density at radius 3 is 2.47 bits per heavy atom. The van der Waals surface area contributed by atoms with Crippen molar-refractivity contribution in [1.29, 1.82) is 0 Å². The van der Waals surface area contributed by atoms with Crippen molar-refractivity contribution in [2.45, 2.75) is 32.7 Å². The lowest BCUT2D eigenvalue weighted by Crippen LogP contribution is -2.10. The number of rotatable bonds is 5. The first-order valence-electron chi connectivity index (χ1n) is 6.47. The average molecular weight is 276 g/mol. The summed E-state index contributed by atoms with van der Waals surface area (Å²) in [4.78, 5) is 10.3. The first kappa shape index (κ1) is 13.8. The summed E-state index contributed by atoms with van der Waals surface area (Å²) in [6, 6.07) is 6.39. The summed E-state index contributed by atoms with van der Waals surface area (Å²) in [6.45, 7) is 6.34. The molecule has 0 saturated heterocycles. The molecule has 102 valence electrons. The van der Waals surface area contributed by atoms with Crippen LogP contribution in [0.5, 0.6) is 0 Å². The van der Waals surface area contributed by atoms with Crippen LogP contribution in [-0.4, -0.2) is 17.0 Å². The minimum absolute atomic E-state index is 0.250. The van der Waals surface area contributed by atoms with E-state index in [-0.39, 0.29) is 6.04 Å². The summed E-state index contributed by atoms with van der Waals surface area (Å²) >= 11 is 1.75. The first-order chi connectivity index (χ1) is 9.10. The van der Waals surface area contributed by atoms with Gasteiger partial charge in [0.1, 0.15) is 17.5 Å². The maximum Gasteiger partial charge on any atom is 0.135 e. The summed E-state index contributed by atoms with van der Waals surface area (Å²) in [5, 5.41) is 8.61. The molecule has 4 nitrogen and oxygen atoms in total. The van der Waals surface area contributed by atoms with Crippen LogP contribution >= 0.6 is 11.3 Å². The fourth-order valence-electron chi connectivity index (χ4n) is 1.76. The number of anilines is 2. The van der Waals surface area contributed by atoms with Crippen LogP contribution in [0.3, 0.4) is 0 Å². The van der Waals surface area contributed by atoms with Crippen molar-refractivity contribution < 1.29 is 0 Å². The fraction of sp³-hybridized carbons (Fsp3) is 0.429. The van der Waals surface area contributed by atoms with E-state index in [1.54, 1.807) is 11.3 Å². The van der Waals surface area contributed by atoms with Crippen LogP contribution < -0.4 is 10.6 Å². The third kappa shape index (κ3) is 3.44. The van der Waals surface area contributed by atoms with Crippen molar-refractivity contribution in [2.75, 3.05) is 17.7 Å². The Hall–Kier alpha value is -1.62. The number of thiophene rings is 1. The smallest absolute Gasteiger partial charge is 0.135 e. The van der Waals surface area contributed by atoms with Gasteiger partial charge in [-0.05, 0) is 18.4 Å². The third-order valence-corrected chi connectivity index (χ3v) is 3.91. The highest BCUT2D eigenvalue weighted by atomic mass is 32.1. The summed E-state index contributed by atoms with van der Waals surface area (Å²) in [6.07, 6.45) is 0. The van der Waals surface area contributed by atoms with Gasteiger partial charge < -0.3 is 10.6 Å². The zero-order valence-corrected chi connectivity index (χ0v) is 12.6. The topological polar surface area (TPSA) is 49.8 Å². The molecule has 2 aromatic rings. The van der Waals surface area contributed by atoms with Crippen LogP contribution in [0, 0.1) is 0 Å². The van der Waals surface area contributed by atoms with Crippen LogP contribution in [0.2, 0.25) is 0 Å². The first-order valence-corrected chi connectivity index (χ1v) is 7.34. The number of aromatic nitrogens is 2. The normalized spacial score (nSPS) is 12.5.